The van der Waals surface area contributed by atoms with E-state index in [4.69, 9.17) is 4.42 Å². The van der Waals surface area contributed by atoms with Gasteiger partial charge in [-0.1, -0.05) is 44.2 Å². The number of carbonyl (C=O) groups excluding carboxylic acids is 1. The Bertz CT molecular complexity index is 633. The zero-order valence-corrected chi connectivity index (χ0v) is 18.2. The van der Waals surface area contributed by atoms with Crippen LogP contribution in [-0.2, 0) is 4.79 Å². The Morgan fingerprint density at radius 2 is 2.18 bits per heavy atom. The molecule has 1 aromatic rings. The van der Waals surface area contributed by atoms with Crippen LogP contribution in [0.4, 0.5) is 0 Å². The second-order valence-corrected chi connectivity index (χ2v) is 9.11. The summed E-state index contributed by atoms with van der Waals surface area (Å²) in [6.07, 6.45) is 7.73. The van der Waals surface area contributed by atoms with Crippen molar-refractivity contribution in [2.75, 3.05) is 26.4 Å². The first-order chi connectivity index (χ1) is 13.4. The molecule has 1 heterocycles. The minimum atomic E-state index is -1.02. The Morgan fingerprint density at radius 1 is 1.39 bits per heavy atom. The normalized spacial score (nSPS) is 19.6. The number of hydrogen-bond donors (Lipinski definition) is 2. The van der Waals surface area contributed by atoms with Crippen LogP contribution in [0.1, 0.15) is 57.9 Å². The van der Waals surface area contributed by atoms with Crippen molar-refractivity contribution in [1.82, 2.24) is 20.4 Å². The van der Waals surface area contributed by atoms with Gasteiger partial charge in [-0.2, -0.15) is 0 Å². The van der Waals surface area contributed by atoms with E-state index in [0.29, 0.717) is 17.6 Å². The molecule has 0 aromatic carbocycles. The molecular weight excluding hydrogens is 376 g/mol. The molecule has 1 aromatic heterocycles. The summed E-state index contributed by atoms with van der Waals surface area (Å²) in [7, 11) is 4.01. The van der Waals surface area contributed by atoms with Crippen LogP contribution in [0.2, 0.25) is 0 Å². The number of hydrogen-bond acceptors (Lipinski definition) is 7. The number of aliphatic hydroxyl groups excluding tert-OH is 1. The van der Waals surface area contributed by atoms with E-state index in [-0.39, 0.29) is 17.7 Å². The molecule has 0 saturated heterocycles. The summed E-state index contributed by atoms with van der Waals surface area (Å²) in [6.45, 7) is 5.02. The summed E-state index contributed by atoms with van der Waals surface area (Å²) in [6, 6.07) is -0.454. The lowest BCUT2D eigenvalue weighted by Gasteiger charge is -2.25. The van der Waals surface area contributed by atoms with E-state index >= 15 is 0 Å². The predicted octanol–water partition coefficient (Wildman–Crippen LogP) is 3.03. The van der Waals surface area contributed by atoms with E-state index in [0.717, 1.165) is 38.0 Å². The number of nitrogens with one attached hydrogen (secondary N) is 1. The van der Waals surface area contributed by atoms with Crippen molar-refractivity contribution in [3.05, 3.63) is 18.0 Å². The molecule has 28 heavy (non-hydrogen) atoms. The molecular formula is C20H34N4O3S. The van der Waals surface area contributed by atoms with Crippen LogP contribution in [0.15, 0.2) is 21.8 Å². The summed E-state index contributed by atoms with van der Waals surface area (Å²) in [5, 5.41) is 22.3. The van der Waals surface area contributed by atoms with Crippen molar-refractivity contribution in [2.45, 2.75) is 63.3 Å². The molecule has 1 aliphatic carbocycles. The number of aromatic nitrogens is 2. The van der Waals surface area contributed by atoms with Crippen LogP contribution in [0.5, 0.6) is 0 Å². The summed E-state index contributed by atoms with van der Waals surface area (Å²) in [4.78, 5) is 14.8. The van der Waals surface area contributed by atoms with Crippen molar-refractivity contribution < 1.29 is 14.3 Å². The van der Waals surface area contributed by atoms with Crippen LogP contribution < -0.4 is 5.32 Å². The van der Waals surface area contributed by atoms with Gasteiger partial charge in [-0.3, -0.25) is 4.79 Å². The van der Waals surface area contributed by atoms with Crippen LogP contribution in [0, 0.1) is 11.8 Å². The lowest BCUT2D eigenvalue weighted by molar-refractivity contribution is -0.125. The fourth-order valence-corrected chi connectivity index (χ4v) is 4.03. The minimum absolute atomic E-state index is 0.0389. The molecule has 0 spiro atoms. The molecule has 2 rings (SSSR count). The number of allylic oxidation sites excluding steroid dienone is 1. The third-order valence-electron chi connectivity index (χ3n) is 4.71. The molecule has 0 bridgehead atoms. The van der Waals surface area contributed by atoms with Crippen LogP contribution in [0.25, 0.3) is 0 Å². The predicted molar refractivity (Wildman–Crippen MR) is 111 cm³/mol. The van der Waals surface area contributed by atoms with Gasteiger partial charge in [0.15, 0.2) is 6.10 Å². The first kappa shape index (κ1) is 22.9. The van der Waals surface area contributed by atoms with Crippen molar-refractivity contribution in [3.63, 3.8) is 0 Å². The highest BCUT2D eigenvalue weighted by Crippen LogP contribution is 2.25. The summed E-state index contributed by atoms with van der Waals surface area (Å²) in [5.41, 5.74) is 0. The zero-order chi connectivity index (χ0) is 20.5. The number of nitrogens with zero attached hydrogens (tertiary/aromatic N) is 3. The van der Waals surface area contributed by atoms with Gasteiger partial charge in [-0.25, -0.2) is 0 Å². The highest BCUT2D eigenvalue weighted by Gasteiger charge is 2.30. The van der Waals surface area contributed by atoms with Gasteiger partial charge in [-0.15, -0.1) is 10.2 Å². The number of rotatable bonds is 10. The average molecular weight is 411 g/mol. The lowest BCUT2D eigenvalue weighted by Crippen LogP contribution is -2.43. The molecule has 0 fully saturated rings. The number of carbonyl (C=O) groups is 1. The van der Waals surface area contributed by atoms with Crippen LogP contribution >= 0.6 is 11.8 Å². The molecule has 2 unspecified atom stereocenters. The largest absolute Gasteiger partial charge is 0.413 e. The third-order valence-corrected chi connectivity index (χ3v) is 5.51. The molecule has 1 aliphatic rings. The van der Waals surface area contributed by atoms with E-state index in [1.165, 1.54) is 11.8 Å². The third kappa shape index (κ3) is 7.56. The van der Waals surface area contributed by atoms with Gasteiger partial charge in [0.05, 0.1) is 12.0 Å². The molecule has 8 heteroatoms. The Balaban J connectivity index is 2.01. The summed E-state index contributed by atoms with van der Waals surface area (Å²) >= 11 is 1.46. The maximum Gasteiger partial charge on any atom is 0.276 e. The number of aliphatic hydroxyl groups is 1. The maximum absolute atomic E-state index is 12.7. The Kier molecular flexibility index (Phi) is 9.47. The van der Waals surface area contributed by atoms with Gasteiger partial charge in [-0.05, 0) is 45.7 Å². The van der Waals surface area contributed by atoms with Gasteiger partial charge < -0.3 is 19.7 Å². The highest BCUT2D eigenvalue weighted by atomic mass is 32.2. The minimum Gasteiger partial charge on any atom is -0.413 e. The summed E-state index contributed by atoms with van der Waals surface area (Å²) in [5.74, 6) is 1.12. The fraction of sp³-hybridized carbons (Fsp3) is 0.750. The number of amides is 1. The van der Waals surface area contributed by atoms with E-state index in [2.05, 4.69) is 40.3 Å². The van der Waals surface area contributed by atoms with E-state index < -0.39 is 12.1 Å². The van der Waals surface area contributed by atoms with Gasteiger partial charge >= 0.3 is 0 Å². The van der Waals surface area contributed by atoms with Gasteiger partial charge in [0.1, 0.15) is 0 Å². The Hall–Kier alpha value is -1.38. The molecule has 158 valence electrons. The molecule has 0 saturated carbocycles. The average Bonchev–Trinajstić information content (AvgIpc) is 2.92. The summed E-state index contributed by atoms with van der Waals surface area (Å²) < 4.78 is 5.64. The molecule has 3 atom stereocenters. The van der Waals surface area contributed by atoms with Gasteiger partial charge in [0.2, 0.25) is 11.8 Å². The lowest BCUT2D eigenvalue weighted by atomic mass is 9.96. The molecule has 1 amide bonds. The van der Waals surface area contributed by atoms with E-state index in [1.807, 2.05) is 20.2 Å². The van der Waals surface area contributed by atoms with Crippen molar-refractivity contribution >= 4 is 17.7 Å². The topological polar surface area (TPSA) is 91.5 Å². The standard InChI is InChI=1S/C20H34N4O3S/c1-14(2)13-16(21-18(26)15-9-7-5-6-8-10-15)17(25)19-22-23-20(27-19)28-12-11-24(3)4/h7,9,14-17,25H,5-6,8,10-13H2,1-4H3,(H,21,26)/t15?,16-,17?/m0/s1. The van der Waals surface area contributed by atoms with Crippen molar-refractivity contribution in [3.8, 4) is 0 Å². The quantitative estimate of drug-likeness (QED) is 0.452. The van der Waals surface area contributed by atoms with Crippen LogP contribution in [-0.4, -0.2) is 58.5 Å². The zero-order valence-electron chi connectivity index (χ0n) is 17.4. The number of thioether (sulfide) groups is 1. The van der Waals surface area contributed by atoms with E-state index in [9.17, 15) is 9.90 Å². The second kappa shape index (κ2) is 11.6. The van der Waals surface area contributed by atoms with Gasteiger partial charge in [0, 0.05) is 12.3 Å². The van der Waals surface area contributed by atoms with Crippen LogP contribution in [0.3, 0.4) is 0 Å². The smallest absolute Gasteiger partial charge is 0.276 e. The fourth-order valence-electron chi connectivity index (χ4n) is 3.15. The van der Waals surface area contributed by atoms with Gasteiger partial charge in [0.25, 0.3) is 5.22 Å². The Morgan fingerprint density at radius 3 is 2.89 bits per heavy atom. The maximum atomic E-state index is 12.7. The molecule has 0 radical (unpaired) electrons. The first-order valence-corrected chi connectivity index (χ1v) is 11.1. The monoisotopic (exact) mass is 410 g/mol. The Labute approximate surface area is 172 Å². The second-order valence-electron chi connectivity index (χ2n) is 8.07. The molecule has 7 nitrogen and oxygen atoms in total. The van der Waals surface area contributed by atoms with Crippen molar-refractivity contribution in [2.24, 2.45) is 11.8 Å². The first-order valence-electron chi connectivity index (χ1n) is 10.1. The highest BCUT2D eigenvalue weighted by molar-refractivity contribution is 7.99. The molecule has 2 N–H and O–H groups in total. The molecule has 0 aliphatic heterocycles. The van der Waals surface area contributed by atoms with E-state index in [1.54, 1.807) is 0 Å². The SMILES string of the molecule is CC(C)C[C@H](NC(=O)C1C=CCCCC1)C(O)c1nnc(SCCN(C)C)o1. The van der Waals surface area contributed by atoms with Crippen molar-refractivity contribution in [1.29, 1.82) is 0 Å².